The molecular weight excluding hydrogens is 689 g/mol. The maximum atomic E-state index is 12.8. The molecule has 17 heteroatoms. The first-order chi connectivity index (χ1) is 26.3. The topological polar surface area (TPSA) is 202 Å². The molecule has 2 amide bonds. The first kappa shape index (κ1) is 35.1. The van der Waals surface area contributed by atoms with Crippen LogP contribution in [0.2, 0.25) is 0 Å². The summed E-state index contributed by atoms with van der Waals surface area (Å²) in [5, 5.41) is 44.8. The Hall–Kier alpha value is -5.94. The van der Waals surface area contributed by atoms with Crippen molar-refractivity contribution < 1.29 is 15.0 Å². The Balaban J connectivity index is 1.08. The van der Waals surface area contributed by atoms with Gasteiger partial charge in [0.15, 0.2) is 22.8 Å². The summed E-state index contributed by atoms with van der Waals surface area (Å²) in [6, 6.07) is 19.1. The second-order valence-corrected chi connectivity index (χ2v) is 14.0. The van der Waals surface area contributed by atoms with Gasteiger partial charge in [0.1, 0.15) is 18.2 Å². The molecule has 17 nitrogen and oxygen atoms in total. The summed E-state index contributed by atoms with van der Waals surface area (Å²) in [5.74, 6) is 1.60. The molecule has 54 heavy (non-hydrogen) atoms. The predicted octanol–water partition coefficient (Wildman–Crippen LogP) is 2.34. The second-order valence-electron chi connectivity index (χ2n) is 14.0. The first-order valence-electron chi connectivity index (χ1n) is 18.3. The van der Waals surface area contributed by atoms with Crippen LogP contribution in [0.15, 0.2) is 79.5 Å². The number of carbonyl (C=O) groups excluding carboxylic acids is 1. The van der Waals surface area contributed by atoms with Crippen molar-refractivity contribution in [3.63, 3.8) is 0 Å². The van der Waals surface area contributed by atoms with E-state index in [0.717, 1.165) is 16.8 Å². The van der Waals surface area contributed by atoms with E-state index in [-0.39, 0.29) is 18.0 Å². The van der Waals surface area contributed by atoms with Crippen LogP contribution in [0.1, 0.15) is 60.4 Å². The Morgan fingerprint density at radius 2 is 1.70 bits per heavy atom. The lowest BCUT2D eigenvalue weighted by atomic mass is 9.91. The Bertz CT molecular complexity index is 2150. The first-order valence-corrected chi connectivity index (χ1v) is 18.3. The molecule has 5 N–H and O–H groups in total. The molecule has 280 valence electrons. The van der Waals surface area contributed by atoms with Crippen LogP contribution in [-0.4, -0.2) is 103 Å². The smallest absolute Gasteiger partial charge is 0.315 e. The van der Waals surface area contributed by atoms with E-state index in [0.29, 0.717) is 74.2 Å². The Morgan fingerprint density at radius 3 is 2.39 bits per heavy atom. The Kier molecular flexibility index (Phi) is 9.88. The van der Waals surface area contributed by atoms with Gasteiger partial charge < -0.3 is 40.2 Å². The van der Waals surface area contributed by atoms with Gasteiger partial charge in [-0.2, -0.15) is 14.8 Å². The van der Waals surface area contributed by atoms with Gasteiger partial charge in [0, 0.05) is 51.3 Å². The minimum atomic E-state index is -1.14. The Morgan fingerprint density at radius 1 is 0.963 bits per heavy atom. The zero-order chi connectivity index (χ0) is 37.2. The van der Waals surface area contributed by atoms with Crippen LogP contribution in [0.25, 0.3) is 11.2 Å². The van der Waals surface area contributed by atoms with Crippen LogP contribution in [0.5, 0.6) is 0 Å². The third-order valence-electron chi connectivity index (χ3n) is 10.3. The van der Waals surface area contributed by atoms with Crippen molar-refractivity contribution in [2.24, 2.45) is 7.05 Å². The number of hydrogen-bond donors (Lipinski definition) is 5. The number of rotatable bonds is 12. The number of aromatic nitrogens is 10. The minimum absolute atomic E-state index is 0.0173. The molecule has 0 unspecified atom stereocenters. The van der Waals surface area contributed by atoms with E-state index in [1.54, 1.807) is 12.7 Å². The highest BCUT2D eigenvalue weighted by atomic mass is 16.3. The molecule has 0 bridgehead atoms. The van der Waals surface area contributed by atoms with Crippen molar-refractivity contribution in [1.82, 2.24) is 59.9 Å². The maximum absolute atomic E-state index is 12.8. The summed E-state index contributed by atoms with van der Waals surface area (Å²) >= 11 is 0. The number of tetrazole rings is 1. The summed E-state index contributed by atoms with van der Waals surface area (Å²) in [6.07, 6.45) is 4.59. The number of benzene rings is 2. The number of aliphatic hydroxyl groups is 2. The summed E-state index contributed by atoms with van der Waals surface area (Å²) in [6.45, 7) is 3.90. The average Bonchev–Trinajstić information content (AvgIpc) is 4.05. The van der Waals surface area contributed by atoms with E-state index in [1.807, 2.05) is 70.6 Å². The van der Waals surface area contributed by atoms with Gasteiger partial charge >= 0.3 is 6.03 Å². The molecule has 2 aromatic carbocycles. The van der Waals surface area contributed by atoms with Crippen LogP contribution < -0.4 is 20.9 Å². The summed E-state index contributed by atoms with van der Waals surface area (Å²) < 4.78 is 3.66. The lowest BCUT2D eigenvalue weighted by Gasteiger charge is -2.22. The van der Waals surface area contributed by atoms with E-state index in [9.17, 15) is 15.0 Å². The van der Waals surface area contributed by atoms with Gasteiger partial charge in [-0.05, 0) is 29.2 Å². The van der Waals surface area contributed by atoms with E-state index < -0.39 is 24.3 Å². The van der Waals surface area contributed by atoms with E-state index >= 15 is 0 Å². The maximum Gasteiger partial charge on any atom is 0.315 e. The van der Waals surface area contributed by atoms with Gasteiger partial charge in [-0.15, -0.1) is 10.2 Å². The van der Waals surface area contributed by atoms with E-state index in [2.05, 4.69) is 60.6 Å². The Labute approximate surface area is 311 Å². The fourth-order valence-corrected chi connectivity index (χ4v) is 7.46. The van der Waals surface area contributed by atoms with Gasteiger partial charge in [-0.3, -0.25) is 0 Å². The average molecular weight is 733 g/mol. The van der Waals surface area contributed by atoms with Crippen molar-refractivity contribution in [2.45, 2.75) is 69.0 Å². The third-order valence-corrected chi connectivity index (χ3v) is 10.3. The number of imidazole rings is 2. The minimum Gasteiger partial charge on any atom is -0.388 e. The van der Waals surface area contributed by atoms with Gasteiger partial charge in [0.25, 0.3) is 0 Å². The van der Waals surface area contributed by atoms with Crippen LogP contribution in [0, 0.1) is 0 Å². The number of urea groups is 1. The lowest BCUT2D eigenvalue weighted by Crippen LogP contribution is -2.43. The normalized spacial score (nSPS) is 21.3. The molecule has 5 atom stereocenters. The quantitative estimate of drug-likeness (QED) is 0.123. The van der Waals surface area contributed by atoms with Crippen LogP contribution in [0.3, 0.4) is 0 Å². The number of anilines is 2. The second kappa shape index (κ2) is 15.2. The van der Waals surface area contributed by atoms with E-state index in [1.165, 1.54) is 4.80 Å². The summed E-state index contributed by atoms with van der Waals surface area (Å²) in [7, 11) is 1.89. The molecule has 2 aliphatic rings. The van der Waals surface area contributed by atoms with Crippen LogP contribution >= 0.6 is 0 Å². The zero-order valence-electron chi connectivity index (χ0n) is 30.1. The molecule has 6 aromatic rings. The molecule has 1 aliphatic carbocycles. The van der Waals surface area contributed by atoms with E-state index in [4.69, 9.17) is 15.0 Å². The van der Waals surface area contributed by atoms with Gasteiger partial charge in [-0.25, -0.2) is 14.8 Å². The largest absolute Gasteiger partial charge is 0.388 e. The van der Waals surface area contributed by atoms with Crippen molar-refractivity contribution in [3.05, 3.63) is 102 Å². The number of fused-ring (bicyclic) bond motifs is 1. The summed E-state index contributed by atoms with van der Waals surface area (Å²) in [4.78, 5) is 35.4. The number of nitrogens with zero attached hydrogens (tertiary/aromatic N) is 11. The molecule has 4 aromatic heterocycles. The fraction of sp³-hybridized carbons (Fsp3) is 0.405. The highest BCUT2D eigenvalue weighted by Crippen LogP contribution is 2.40. The number of amides is 2. The van der Waals surface area contributed by atoms with Crippen molar-refractivity contribution in [3.8, 4) is 0 Å². The summed E-state index contributed by atoms with van der Waals surface area (Å²) in [5.41, 5.74) is 4.14. The van der Waals surface area contributed by atoms with Crippen molar-refractivity contribution in [1.29, 1.82) is 0 Å². The SMILES string of the molecule is CCc1nnn([C@H]2C[C@@H](n3cnc4c(NCC(c5ccccc5)c5ccccc5)nc(N5CC[C@H](NC(=O)NCc6cn(C)cn6)C5)nc43)[C@H](O)[C@@H]2O)n1. The molecule has 2 fully saturated rings. The number of carbonyl (C=O) groups is 1. The van der Waals surface area contributed by atoms with Gasteiger partial charge in [-0.1, -0.05) is 67.6 Å². The molecule has 1 aliphatic heterocycles. The molecule has 5 heterocycles. The van der Waals surface area contributed by atoms with Gasteiger partial charge in [0.2, 0.25) is 5.95 Å². The monoisotopic (exact) mass is 732 g/mol. The molecule has 0 radical (unpaired) electrons. The lowest BCUT2D eigenvalue weighted by molar-refractivity contribution is 0.00473. The van der Waals surface area contributed by atoms with Crippen LogP contribution in [-0.2, 0) is 20.0 Å². The molecule has 1 saturated carbocycles. The van der Waals surface area contributed by atoms with Crippen LogP contribution in [0.4, 0.5) is 16.6 Å². The molecular formula is C37H44N14O3. The van der Waals surface area contributed by atoms with Gasteiger partial charge in [0.05, 0.1) is 30.9 Å². The number of nitrogens with one attached hydrogen (secondary N) is 3. The number of hydrogen-bond acceptors (Lipinski definition) is 12. The zero-order valence-corrected chi connectivity index (χ0v) is 30.1. The highest BCUT2D eigenvalue weighted by molar-refractivity contribution is 5.84. The molecule has 1 saturated heterocycles. The number of aryl methyl sites for hydroxylation is 2. The molecule has 8 rings (SSSR count). The van der Waals surface area contributed by atoms with Crippen molar-refractivity contribution in [2.75, 3.05) is 29.9 Å². The fourth-order valence-electron chi connectivity index (χ4n) is 7.46. The molecule has 0 spiro atoms. The standard InChI is InChI=1S/C37H44N14O3/c1-3-30-45-47-51(46-30)29-16-28(32(52)33(29)53)50-22-41-31-34(38-18-27(23-10-6-4-7-11-23)24-12-8-5-9-13-24)43-36(44-35(31)50)49-15-14-25(20-49)42-37(54)39-17-26-19-48(2)21-40-26/h4-13,19,21-22,25,27-29,32-33,52-53H,3,14-18,20H2,1-2H3,(H,38,43,44)(H2,39,42,54)/t25-,28+,29-,32-,33+/m0/s1. The predicted molar refractivity (Wildman–Crippen MR) is 200 cm³/mol. The third kappa shape index (κ3) is 7.19. The van der Waals surface area contributed by atoms with Crippen molar-refractivity contribution >= 4 is 29.0 Å². The highest BCUT2D eigenvalue weighted by Gasteiger charge is 2.45. The number of aliphatic hydroxyl groups excluding tert-OH is 2.